The SMILES string of the molecule is CCOC(=O)c1cc(N)ccc1-n1nc(C)cc1C. The number of esters is 1. The van der Waals surface area contributed by atoms with Crippen LogP contribution in [-0.2, 0) is 4.74 Å². The summed E-state index contributed by atoms with van der Waals surface area (Å²) in [5.41, 5.74) is 9.21. The lowest BCUT2D eigenvalue weighted by Crippen LogP contribution is -2.12. The minimum atomic E-state index is -0.391. The Bertz CT molecular complexity index is 617. The number of anilines is 1. The standard InChI is InChI=1S/C14H17N3O2/c1-4-19-14(18)12-8-11(15)5-6-13(12)17-10(3)7-9(2)16-17/h5-8H,4,15H2,1-3H3. The molecule has 2 rings (SSSR count). The van der Waals surface area contributed by atoms with Gasteiger partial charge in [-0.1, -0.05) is 0 Å². The molecular weight excluding hydrogens is 242 g/mol. The van der Waals surface area contributed by atoms with Gasteiger partial charge in [0.15, 0.2) is 0 Å². The van der Waals surface area contributed by atoms with Gasteiger partial charge in [-0.25, -0.2) is 9.48 Å². The van der Waals surface area contributed by atoms with E-state index in [2.05, 4.69) is 5.10 Å². The Balaban J connectivity index is 2.57. The molecule has 5 heteroatoms. The van der Waals surface area contributed by atoms with E-state index in [0.717, 1.165) is 11.4 Å². The summed E-state index contributed by atoms with van der Waals surface area (Å²) in [6.07, 6.45) is 0. The molecule has 0 radical (unpaired) electrons. The first-order chi connectivity index (χ1) is 9.02. The monoisotopic (exact) mass is 259 g/mol. The third kappa shape index (κ3) is 2.59. The molecule has 0 unspecified atom stereocenters. The average molecular weight is 259 g/mol. The van der Waals surface area contributed by atoms with E-state index in [0.29, 0.717) is 23.5 Å². The minimum Gasteiger partial charge on any atom is -0.462 e. The van der Waals surface area contributed by atoms with Gasteiger partial charge in [-0.2, -0.15) is 5.10 Å². The number of nitrogens with zero attached hydrogens (tertiary/aromatic N) is 2. The van der Waals surface area contributed by atoms with Crippen molar-refractivity contribution in [1.29, 1.82) is 0 Å². The van der Waals surface area contributed by atoms with E-state index in [9.17, 15) is 4.79 Å². The van der Waals surface area contributed by atoms with Crippen LogP contribution in [0.1, 0.15) is 28.7 Å². The lowest BCUT2D eigenvalue weighted by molar-refractivity contribution is 0.0526. The maximum Gasteiger partial charge on any atom is 0.340 e. The number of hydrogen-bond acceptors (Lipinski definition) is 4. The summed E-state index contributed by atoms with van der Waals surface area (Å²) in [5, 5.41) is 4.38. The number of hydrogen-bond donors (Lipinski definition) is 1. The minimum absolute atomic E-state index is 0.324. The van der Waals surface area contributed by atoms with Crippen molar-refractivity contribution in [3.8, 4) is 5.69 Å². The molecule has 5 nitrogen and oxygen atoms in total. The molecule has 19 heavy (non-hydrogen) atoms. The number of ether oxygens (including phenoxy) is 1. The maximum atomic E-state index is 12.0. The van der Waals surface area contributed by atoms with Gasteiger partial charge < -0.3 is 10.5 Å². The van der Waals surface area contributed by atoms with Crippen molar-refractivity contribution in [3.05, 3.63) is 41.2 Å². The molecule has 0 fully saturated rings. The molecule has 0 aliphatic carbocycles. The summed E-state index contributed by atoms with van der Waals surface area (Å²) in [6.45, 7) is 5.94. The van der Waals surface area contributed by atoms with Gasteiger partial charge in [0.05, 0.1) is 23.6 Å². The predicted molar refractivity (Wildman–Crippen MR) is 73.4 cm³/mol. The zero-order valence-electron chi connectivity index (χ0n) is 11.3. The van der Waals surface area contributed by atoms with Crippen molar-refractivity contribution in [1.82, 2.24) is 9.78 Å². The van der Waals surface area contributed by atoms with Gasteiger partial charge >= 0.3 is 5.97 Å². The number of benzene rings is 1. The molecule has 0 saturated heterocycles. The van der Waals surface area contributed by atoms with Crippen LogP contribution in [0.3, 0.4) is 0 Å². The number of carbonyl (C=O) groups excluding carboxylic acids is 1. The van der Waals surface area contributed by atoms with Crippen molar-refractivity contribution < 1.29 is 9.53 Å². The van der Waals surface area contributed by atoms with E-state index in [1.807, 2.05) is 19.9 Å². The molecule has 0 aliphatic heterocycles. The maximum absolute atomic E-state index is 12.0. The smallest absolute Gasteiger partial charge is 0.340 e. The molecule has 0 spiro atoms. The third-order valence-corrected chi connectivity index (χ3v) is 2.75. The van der Waals surface area contributed by atoms with Crippen LogP contribution in [-0.4, -0.2) is 22.4 Å². The summed E-state index contributed by atoms with van der Waals surface area (Å²) < 4.78 is 6.78. The topological polar surface area (TPSA) is 70.1 Å². The molecule has 0 aliphatic rings. The molecular formula is C14H17N3O2. The molecule has 0 saturated carbocycles. The second kappa shape index (κ2) is 5.14. The van der Waals surface area contributed by atoms with Gasteiger partial charge in [0, 0.05) is 11.4 Å². The summed E-state index contributed by atoms with van der Waals surface area (Å²) in [5.74, 6) is -0.391. The first kappa shape index (κ1) is 13.1. The molecule has 2 aromatic rings. The van der Waals surface area contributed by atoms with Crippen molar-refractivity contribution in [2.45, 2.75) is 20.8 Å². The number of aryl methyl sites for hydroxylation is 2. The predicted octanol–water partition coefficient (Wildman–Crippen LogP) is 2.25. The second-order valence-electron chi connectivity index (χ2n) is 4.34. The van der Waals surface area contributed by atoms with Crippen molar-refractivity contribution in [2.75, 3.05) is 12.3 Å². The van der Waals surface area contributed by atoms with E-state index in [1.54, 1.807) is 29.8 Å². The van der Waals surface area contributed by atoms with Gasteiger partial charge in [0.1, 0.15) is 0 Å². The van der Waals surface area contributed by atoms with Crippen LogP contribution in [0.25, 0.3) is 5.69 Å². The number of nitrogen functional groups attached to an aromatic ring is 1. The number of nitrogens with two attached hydrogens (primary N) is 1. The van der Waals surface area contributed by atoms with E-state index in [1.165, 1.54) is 0 Å². The Hall–Kier alpha value is -2.30. The van der Waals surface area contributed by atoms with Crippen molar-refractivity contribution in [2.24, 2.45) is 0 Å². The van der Waals surface area contributed by atoms with Crippen LogP contribution >= 0.6 is 0 Å². The quantitative estimate of drug-likeness (QED) is 0.678. The number of rotatable bonds is 3. The fraction of sp³-hybridized carbons (Fsp3) is 0.286. The number of aromatic nitrogens is 2. The largest absolute Gasteiger partial charge is 0.462 e. The zero-order valence-corrected chi connectivity index (χ0v) is 11.3. The summed E-state index contributed by atoms with van der Waals surface area (Å²) in [7, 11) is 0. The lowest BCUT2D eigenvalue weighted by Gasteiger charge is -2.11. The van der Waals surface area contributed by atoms with Crippen LogP contribution in [0.15, 0.2) is 24.3 Å². The normalized spacial score (nSPS) is 10.5. The fourth-order valence-electron chi connectivity index (χ4n) is 1.98. The van der Waals surface area contributed by atoms with E-state index in [4.69, 9.17) is 10.5 Å². The summed E-state index contributed by atoms with van der Waals surface area (Å²) in [6, 6.07) is 7.09. The van der Waals surface area contributed by atoms with Crippen LogP contribution in [0, 0.1) is 13.8 Å². The molecule has 100 valence electrons. The number of carbonyl (C=O) groups is 1. The first-order valence-electron chi connectivity index (χ1n) is 6.13. The Morgan fingerprint density at radius 3 is 2.68 bits per heavy atom. The highest BCUT2D eigenvalue weighted by Crippen LogP contribution is 2.20. The Morgan fingerprint density at radius 2 is 2.11 bits per heavy atom. The Kier molecular flexibility index (Phi) is 3.55. The van der Waals surface area contributed by atoms with Gasteiger partial charge in [-0.15, -0.1) is 0 Å². The van der Waals surface area contributed by atoms with Crippen LogP contribution in [0.5, 0.6) is 0 Å². The lowest BCUT2D eigenvalue weighted by atomic mass is 10.1. The average Bonchev–Trinajstić information content (AvgIpc) is 2.68. The first-order valence-corrected chi connectivity index (χ1v) is 6.13. The third-order valence-electron chi connectivity index (χ3n) is 2.75. The van der Waals surface area contributed by atoms with Crippen LogP contribution < -0.4 is 5.73 Å². The second-order valence-corrected chi connectivity index (χ2v) is 4.34. The molecule has 1 aromatic heterocycles. The van der Waals surface area contributed by atoms with Crippen LogP contribution in [0.4, 0.5) is 5.69 Å². The Morgan fingerprint density at radius 1 is 1.37 bits per heavy atom. The molecule has 1 heterocycles. The molecule has 0 atom stereocenters. The molecule has 0 bridgehead atoms. The summed E-state index contributed by atoms with van der Waals surface area (Å²) >= 11 is 0. The van der Waals surface area contributed by atoms with Gasteiger partial charge in [-0.3, -0.25) is 0 Å². The van der Waals surface area contributed by atoms with Crippen molar-refractivity contribution >= 4 is 11.7 Å². The van der Waals surface area contributed by atoms with Gasteiger partial charge in [0.25, 0.3) is 0 Å². The van der Waals surface area contributed by atoms with Crippen molar-refractivity contribution in [3.63, 3.8) is 0 Å². The summed E-state index contributed by atoms with van der Waals surface area (Å²) in [4.78, 5) is 12.0. The van der Waals surface area contributed by atoms with Gasteiger partial charge in [0.2, 0.25) is 0 Å². The highest BCUT2D eigenvalue weighted by molar-refractivity contribution is 5.94. The molecule has 2 N–H and O–H groups in total. The van der Waals surface area contributed by atoms with E-state index >= 15 is 0 Å². The van der Waals surface area contributed by atoms with Crippen LogP contribution in [0.2, 0.25) is 0 Å². The molecule has 1 aromatic carbocycles. The highest BCUT2D eigenvalue weighted by atomic mass is 16.5. The van der Waals surface area contributed by atoms with E-state index in [-0.39, 0.29) is 0 Å². The fourth-order valence-corrected chi connectivity index (χ4v) is 1.98. The van der Waals surface area contributed by atoms with E-state index < -0.39 is 5.97 Å². The Labute approximate surface area is 112 Å². The zero-order chi connectivity index (χ0) is 14.0. The van der Waals surface area contributed by atoms with Gasteiger partial charge in [-0.05, 0) is 45.0 Å². The highest BCUT2D eigenvalue weighted by Gasteiger charge is 2.16. The molecule has 0 amide bonds.